The number of hydrogen-bond donors (Lipinski definition) is 3. The predicted molar refractivity (Wildman–Crippen MR) is 71.1 cm³/mol. The highest BCUT2D eigenvalue weighted by Crippen LogP contribution is 2.18. The quantitative estimate of drug-likeness (QED) is 0.770. The van der Waals surface area contributed by atoms with E-state index in [0.29, 0.717) is 18.8 Å². The number of aliphatic hydroxyl groups excluding tert-OH is 1. The molecule has 1 saturated heterocycles. The minimum Gasteiger partial charge on any atom is -0.465 e. The van der Waals surface area contributed by atoms with Gasteiger partial charge in [-0.3, -0.25) is 4.98 Å². The van der Waals surface area contributed by atoms with E-state index >= 15 is 0 Å². The van der Waals surface area contributed by atoms with Crippen LogP contribution >= 0.6 is 0 Å². The van der Waals surface area contributed by atoms with Crippen molar-refractivity contribution in [2.75, 3.05) is 18.4 Å². The lowest BCUT2D eigenvalue weighted by atomic mass is 10.0. The van der Waals surface area contributed by atoms with Crippen molar-refractivity contribution in [2.24, 2.45) is 0 Å². The molecule has 6 nitrogen and oxygen atoms in total. The third-order valence-corrected chi connectivity index (χ3v) is 3.30. The summed E-state index contributed by atoms with van der Waals surface area (Å²) in [5, 5.41) is 21.4. The Hall–Kier alpha value is -1.82. The fourth-order valence-corrected chi connectivity index (χ4v) is 2.35. The number of nitrogens with zero attached hydrogens (tertiary/aromatic N) is 2. The van der Waals surface area contributed by atoms with E-state index in [9.17, 15) is 4.79 Å². The van der Waals surface area contributed by atoms with E-state index in [2.05, 4.69) is 10.3 Å². The number of anilines is 1. The van der Waals surface area contributed by atoms with Gasteiger partial charge in [0, 0.05) is 30.5 Å². The summed E-state index contributed by atoms with van der Waals surface area (Å²) < 4.78 is 0. The summed E-state index contributed by atoms with van der Waals surface area (Å²) in [7, 11) is 0. The smallest absolute Gasteiger partial charge is 0.407 e. The second kappa shape index (κ2) is 5.88. The van der Waals surface area contributed by atoms with E-state index in [4.69, 9.17) is 10.2 Å². The molecule has 19 heavy (non-hydrogen) atoms. The molecule has 3 N–H and O–H groups in total. The third-order valence-electron chi connectivity index (χ3n) is 3.30. The van der Waals surface area contributed by atoms with E-state index in [0.717, 1.165) is 24.2 Å². The zero-order chi connectivity index (χ0) is 13.8. The maximum absolute atomic E-state index is 10.8. The van der Waals surface area contributed by atoms with Gasteiger partial charge in [-0.25, -0.2) is 4.79 Å². The highest BCUT2D eigenvalue weighted by Gasteiger charge is 2.22. The van der Waals surface area contributed by atoms with Crippen LogP contribution in [0.5, 0.6) is 0 Å². The second-order valence-electron chi connectivity index (χ2n) is 4.83. The highest BCUT2D eigenvalue weighted by molar-refractivity contribution is 5.65. The summed E-state index contributed by atoms with van der Waals surface area (Å²) >= 11 is 0. The van der Waals surface area contributed by atoms with Gasteiger partial charge in [-0.15, -0.1) is 0 Å². The normalized spacial score (nSPS) is 16.4. The van der Waals surface area contributed by atoms with Crippen molar-refractivity contribution in [3.05, 3.63) is 23.5 Å². The van der Waals surface area contributed by atoms with Crippen molar-refractivity contribution < 1.29 is 15.0 Å². The Labute approximate surface area is 112 Å². The topological polar surface area (TPSA) is 85.7 Å². The molecule has 2 heterocycles. The third kappa shape index (κ3) is 3.57. The number of aryl methyl sites for hydroxylation is 1. The van der Waals surface area contributed by atoms with E-state index in [1.54, 1.807) is 0 Å². The maximum Gasteiger partial charge on any atom is 0.407 e. The lowest BCUT2D eigenvalue weighted by Crippen LogP contribution is -2.41. The number of rotatable bonds is 3. The summed E-state index contributed by atoms with van der Waals surface area (Å²) in [6.07, 6.45) is 0.741. The Morgan fingerprint density at radius 2 is 2.16 bits per heavy atom. The first-order chi connectivity index (χ1) is 9.08. The van der Waals surface area contributed by atoms with Gasteiger partial charge >= 0.3 is 6.09 Å². The van der Waals surface area contributed by atoms with Gasteiger partial charge in [0.2, 0.25) is 0 Å². The lowest BCUT2D eigenvalue weighted by Gasteiger charge is -2.31. The van der Waals surface area contributed by atoms with Crippen molar-refractivity contribution in [3.8, 4) is 0 Å². The Balaban J connectivity index is 1.95. The molecular weight excluding hydrogens is 246 g/mol. The number of pyridine rings is 1. The van der Waals surface area contributed by atoms with E-state index in [1.165, 1.54) is 4.90 Å². The summed E-state index contributed by atoms with van der Waals surface area (Å²) in [6, 6.07) is 4.03. The average Bonchev–Trinajstić information content (AvgIpc) is 2.38. The Morgan fingerprint density at radius 1 is 1.47 bits per heavy atom. The second-order valence-corrected chi connectivity index (χ2v) is 4.83. The van der Waals surface area contributed by atoms with E-state index < -0.39 is 6.09 Å². The van der Waals surface area contributed by atoms with Gasteiger partial charge in [0.1, 0.15) is 0 Å². The van der Waals surface area contributed by atoms with Crippen LogP contribution in [0.25, 0.3) is 0 Å². The van der Waals surface area contributed by atoms with Crippen LogP contribution in [0.1, 0.15) is 24.2 Å². The van der Waals surface area contributed by atoms with Crippen molar-refractivity contribution in [1.29, 1.82) is 0 Å². The van der Waals surface area contributed by atoms with Crippen molar-refractivity contribution in [1.82, 2.24) is 9.88 Å². The number of amides is 1. The van der Waals surface area contributed by atoms with Crippen LogP contribution < -0.4 is 5.32 Å². The van der Waals surface area contributed by atoms with Gasteiger partial charge in [-0.2, -0.15) is 0 Å². The summed E-state index contributed by atoms with van der Waals surface area (Å²) in [4.78, 5) is 16.5. The molecule has 1 aromatic rings. The van der Waals surface area contributed by atoms with Gasteiger partial charge in [-0.05, 0) is 31.9 Å². The first kappa shape index (κ1) is 13.6. The summed E-state index contributed by atoms with van der Waals surface area (Å²) in [6.45, 7) is 2.93. The first-order valence-electron chi connectivity index (χ1n) is 6.41. The van der Waals surface area contributed by atoms with Crippen LogP contribution in [0.3, 0.4) is 0 Å². The molecule has 1 fully saturated rings. The van der Waals surface area contributed by atoms with Crippen molar-refractivity contribution in [2.45, 2.75) is 32.4 Å². The number of nitrogens with one attached hydrogen (secondary N) is 1. The fraction of sp³-hybridized carbons (Fsp3) is 0.538. The van der Waals surface area contributed by atoms with Crippen LogP contribution in [-0.2, 0) is 6.61 Å². The molecule has 0 spiro atoms. The molecule has 1 amide bonds. The molecule has 2 rings (SSSR count). The molecule has 0 atom stereocenters. The lowest BCUT2D eigenvalue weighted by molar-refractivity contribution is 0.134. The summed E-state index contributed by atoms with van der Waals surface area (Å²) in [5.41, 5.74) is 2.44. The number of aliphatic hydroxyl groups is 1. The number of piperidine rings is 1. The van der Waals surface area contributed by atoms with Crippen LogP contribution in [0.2, 0.25) is 0 Å². The number of likely N-dealkylation sites (tertiary alicyclic amines) is 1. The molecule has 0 saturated carbocycles. The molecule has 0 aromatic carbocycles. The molecule has 0 aliphatic carbocycles. The van der Waals surface area contributed by atoms with Crippen molar-refractivity contribution >= 4 is 11.8 Å². The molecule has 1 aliphatic rings. The SMILES string of the molecule is Cc1cc(NC2CCN(C(=O)O)CC2)cc(CO)n1. The standard InChI is InChI=1S/C13H19N3O3/c1-9-6-11(7-12(8-17)14-9)15-10-2-4-16(5-3-10)13(18)19/h6-7,10,17H,2-5,8H2,1H3,(H,14,15)(H,18,19). The Bertz CT molecular complexity index is 456. The molecule has 0 radical (unpaired) electrons. The van der Waals surface area contributed by atoms with Crippen LogP contribution in [0, 0.1) is 6.92 Å². The van der Waals surface area contributed by atoms with Crippen LogP contribution in [0.4, 0.5) is 10.5 Å². The minimum atomic E-state index is -0.847. The monoisotopic (exact) mass is 265 g/mol. The van der Waals surface area contributed by atoms with E-state index in [-0.39, 0.29) is 12.6 Å². The minimum absolute atomic E-state index is 0.0756. The molecule has 0 bridgehead atoms. The molecular formula is C13H19N3O3. The Kier molecular flexibility index (Phi) is 4.21. The molecule has 104 valence electrons. The largest absolute Gasteiger partial charge is 0.465 e. The maximum atomic E-state index is 10.8. The van der Waals surface area contributed by atoms with Crippen LogP contribution in [-0.4, -0.2) is 45.3 Å². The number of hydrogen-bond acceptors (Lipinski definition) is 4. The molecule has 6 heteroatoms. The average molecular weight is 265 g/mol. The molecule has 1 aliphatic heterocycles. The van der Waals surface area contributed by atoms with Gasteiger partial charge < -0.3 is 20.4 Å². The molecule has 0 unspecified atom stereocenters. The number of aromatic nitrogens is 1. The zero-order valence-electron chi connectivity index (χ0n) is 11.0. The van der Waals surface area contributed by atoms with E-state index in [1.807, 2.05) is 19.1 Å². The predicted octanol–water partition coefficient (Wildman–Crippen LogP) is 1.44. The zero-order valence-corrected chi connectivity index (χ0v) is 11.0. The van der Waals surface area contributed by atoms with Gasteiger partial charge in [0.05, 0.1) is 12.3 Å². The van der Waals surface area contributed by atoms with Gasteiger partial charge in [0.15, 0.2) is 0 Å². The van der Waals surface area contributed by atoms with Crippen LogP contribution in [0.15, 0.2) is 12.1 Å². The summed E-state index contributed by atoms with van der Waals surface area (Å²) in [5.74, 6) is 0. The highest BCUT2D eigenvalue weighted by atomic mass is 16.4. The number of carboxylic acid groups (broad SMARTS) is 1. The molecule has 1 aromatic heterocycles. The fourth-order valence-electron chi connectivity index (χ4n) is 2.35. The Morgan fingerprint density at radius 3 is 2.74 bits per heavy atom. The number of carbonyl (C=O) groups is 1. The van der Waals surface area contributed by atoms with Gasteiger partial charge in [-0.1, -0.05) is 0 Å². The first-order valence-corrected chi connectivity index (χ1v) is 6.41. The van der Waals surface area contributed by atoms with Gasteiger partial charge in [0.25, 0.3) is 0 Å². The van der Waals surface area contributed by atoms with Crippen molar-refractivity contribution in [3.63, 3.8) is 0 Å².